The molecule has 0 spiro atoms. The van der Waals surface area contributed by atoms with Gasteiger partial charge in [0, 0.05) is 11.3 Å². The molecule has 0 saturated carbocycles. The van der Waals surface area contributed by atoms with E-state index < -0.39 is 26.0 Å². The smallest absolute Gasteiger partial charge is 0.261 e. The molecule has 0 fully saturated rings. The number of sulfonamides is 2. The molecule has 4 rings (SSSR count). The molecule has 4 aromatic rings. The number of carbonyl (C=O) groups is 1. The van der Waals surface area contributed by atoms with Gasteiger partial charge in [0.1, 0.15) is 0 Å². The third-order valence-corrected chi connectivity index (χ3v) is 8.45. The van der Waals surface area contributed by atoms with Crippen molar-refractivity contribution in [3.8, 4) is 0 Å². The molecule has 1 amide bonds. The summed E-state index contributed by atoms with van der Waals surface area (Å²) in [5, 5.41) is 2.73. The van der Waals surface area contributed by atoms with Crippen molar-refractivity contribution < 1.29 is 21.6 Å². The van der Waals surface area contributed by atoms with E-state index in [9.17, 15) is 21.6 Å². The number of para-hydroxylation sites is 1. The fourth-order valence-electron chi connectivity index (χ4n) is 3.60. The highest BCUT2D eigenvalue weighted by Crippen LogP contribution is 2.24. The summed E-state index contributed by atoms with van der Waals surface area (Å²) in [4.78, 5) is 13.1. The zero-order chi connectivity index (χ0) is 26.6. The van der Waals surface area contributed by atoms with Crippen LogP contribution in [0.2, 0.25) is 0 Å². The van der Waals surface area contributed by atoms with Gasteiger partial charge in [-0.25, -0.2) is 16.8 Å². The molecule has 0 aliphatic heterocycles. The van der Waals surface area contributed by atoms with Gasteiger partial charge in [0.05, 0.1) is 21.2 Å². The number of amides is 1. The van der Waals surface area contributed by atoms with Gasteiger partial charge in [0.15, 0.2) is 0 Å². The third-order valence-electron chi connectivity index (χ3n) is 5.69. The molecule has 0 bridgehead atoms. The van der Waals surface area contributed by atoms with Crippen LogP contribution in [0.5, 0.6) is 0 Å². The van der Waals surface area contributed by atoms with Crippen LogP contribution in [0.25, 0.3) is 0 Å². The summed E-state index contributed by atoms with van der Waals surface area (Å²) in [5.74, 6) is -0.466. The van der Waals surface area contributed by atoms with Crippen LogP contribution in [0.1, 0.15) is 21.5 Å². The van der Waals surface area contributed by atoms with Crippen molar-refractivity contribution >= 4 is 43.0 Å². The van der Waals surface area contributed by atoms with E-state index in [1.165, 1.54) is 36.4 Å². The second-order valence-electron chi connectivity index (χ2n) is 8.30. The number of carbonyl (C=O) groups excluding carboxylic acids is 1. The first-order valence-corrected chi connectivity index (χ1v) is 14.2. The number of aryl methyl sites for hydroxylation is 1. The highest BCUT2D eigenvalue weighted by molar-refractivity contribution is 7.93. The molecule has 0 aromatic heterocycles. The Bertz CT molecular complexity index is 1650. The SMILES string of the molecule is Cc1ccccc1NS(=O)(=O)c1ccc(NC(=O)c2cccc(NS(=O)(=O)c3ccccc3)c2C)cc1. The number of nitrogens with one attached hydrogen (secondary N) is 3. The number of benzene rings is 4. The van der Waals surface area contributed by atoms with Gasteiger partial charge in [-0.3, -0.25) is 14.2 Å². The van der Waals surface area contributed by atoms with E-state index in [2.05, 4.69) is 14.8 Å². The maximum Gasteiger partial charge on any atom is 0.261 e. The summed E-state index contributed by atoms with van der Waals surface area (Å²) in [7, 11) is -7.64. The minimum atomic E-state index is -3.83. The monoisotopic (exact) mass is 535 g/mol. The van der Waals surface area contributed by atoms with E-state index in [-0.39, 0.29) is 21.0 Å². The van der Waals surface area contributed by atoms with Crippen LogP contribution in [-0.4, -0.2) is 22.7 Å². The van der Waals surface area contributed by atoms with Gasteiger partial charge in [-0.15, -0.1) is 0 Å². The maximum atomic E-state index is 13.0. The summed E-state index contributed by atoms with van der Waals surface area (Å²) in [6, 6.07) is 25.5. The highest BCUT2D eigenvalue weighted by atomic mass is 32.2. The molecule has 4 aromatic carbocycles. The molecule has 0 aliphatic carbocycles. The fraction of sp³-hybridized carbons (Fsp3) is 0.0741. The first-order chi connectivity index (χ1) is 17.6. The molecule has 0 unspecified atom stereocenters. The predicted molar refractivity (Wildman–Crippen MR) is 145 cm³/mol. The van der Waals surface area contributed by atoms with Crippen LogP contribution in [0.15, 0.2) is 107 Å². The van der Waals surface area contributed by atoms with Crippen LogP contribution in [0.3, 0.4) is 0 Å². The molecular formula is C27H25N3O5S2. The quantitative estimate of drug-likeness (QED) is 0.288. The second-order valence-corrected chi connectivity index (χ2v) is 11.7. The van der Waals surface area contributed by atoms with Crippen LogP contribution in [0.4, 0.5) is 17.1 Å². The Morgan fingerprint density at radius 2 is 1.14 bits per heavy atom. The molecule has 0 saturated heterocycles. The summed E-state index contributed by atoms with van der Waals surface area (Å²) >= 11 is 0. The Morgan fingerprint density at radius 1 is 0.595 bits per heavy atom. The van der Waals surface area contributed by atoms with Crippen LogP contribution in [0, 0.1) is 13.8 Å². The lowest BCUT2D eigenvalue weighted by molar-refractivity contribution is 0.102. The summed E-state index contributed by atoms with van der Waals surface area (Å²) in [6.07, 6.45) is 0. The Hall–Kier alpha value is -4.15. The Labute approximate surface area is 216 Å². The van der Waals surface area contributed by atoms with Crippen LogP contribution < -0.4 is 14.8 Å². The minimum Gasteiger partial charge on any atom is -0.322 e. The van der Waals surface area contributed by atoms with Crippen molar-refractivity contribution in [1.29, 1.82) is 0 Å². The summed E-state index contributed by atoms with van der Waals surface area (Å²) < 4.78 is 56.0. The molecule has 10 heteroatoms. The van der Waals surface area contributed by atoms with Crippen LogP contribution >= 0.6 is 0 Å². The van der Waals surface area contributed by atoms with Gasteiger partial charge < -0.3 is 5.32 Å². The summed E-state index contributed by atoms with van der Waals surface area (Å²) in [6.45, 7) is 3.45. The Balaban J connectivity index is 1.49. The summed E-state index contributed by atoms with van der Waals surface area (Å²) in [5.41, 5.74) is 2.65. The highest BCUT2D eigenvalue weighted by Gasteiger charge is 2.19. The number of hydrogen-bond acceptors (Lipinski definition) is 5. The minimum absolute atomic E-state index is 0.0437. The number of rotatable bonds is 8. The number of anilines is 3. The van der Waals surface area contributed by atoms with Crippen molar-refractivity contribution in [2.45, 2.75) is 23.6 Å². The molecule has 3 N–H and O–H groups in total. The number of hydrogen-bond donors (Lipinski definition) is 3. The molecule has 0 atom stereocenters. The first kappa shape index (κ1) is 25.9. The van der Waals surface area contributed by atoms with Crippen molar-refractivity contribution in [2.75, 3.05) is 14.8 Å². The van der Waals surface area contributed by atoms with E-state index in [1.54, 1.807) is 68.4 Å². The Kier molecular flexibility index (Phi) is 7.33. The zero-order valence-corrected chi connectivity index (χ0v) is 21.7. The molecule has 0 heterocycles. The van der Waals surface area contributed by atoms with Gasteiger partial charge in [0.2, 0.25) is 0 Å². The van der Waals surface area contributed by atoms with E-state index in [1.807, 2.05) is 6.07 Å². The van der Waals surface area contributed by atoms with E-state index in [4.69, 9.17) is 0 Å². The van der Waals surface area contributed by atoms with Crippen LogP contribution in [-0.2, 0) is 20.0 Å². The maximum absolute atomic E-state index is 13.0. The van der Waals surface area contributed by atoms with Crippen molar-refractivity contribution in [3.05, 3.63) is 114 Å². The zero-order valence-electron chi connectivity index (χ0n) is 20.1. The average Bonchev–Trinajstić information content (AvgIpc) is 2.87. The van der Waals surface area contributed by atoms with Gasteiger partial charge in [-0.1, -0.05) is 42.5 Å². The standard InChI is InChI=1S/C27H25N3O5S2/c1-19-9-6-7-13-25(19)29-37(34,35)23-17-15-21(16-18-23)28-27(31)24-12-8-14-26(20(24)2)30-36(32,33)22-10-4-3-5-11-22/h3-18,29-30H,1-2H3,(H,28,31). The second kappa shape index (κ2) is 10.5. The lowest BCUT2D eigenvalue weighted by atomic mass is 10.1. The van der Waals surface area contributed by atoms with Gasteiger partial charge >= 0.3 is 0 Å². The van der Waals surface area contributed by atoms with Crippen molar-refractivity contribution in [3.63, 3.8) is 0 Å². The normalized spacial score (nSPS) is 11.5. The predicted octanol–water partition coefficient (Wildman–Crippen LogP) is 5.16. The third kappa shape index (κ3) is 5.99. The Morgan fingerprint density at radius 3 is 1.78 bits per heavy atom. The molecule has 8 nitrogen and oxygen atoms in total. The largest absolute Gasteiger partial charge is 0.322 e. The van der Waals surface area contributed by atoms with E-state index in [0.29, 0.717) is 16.9 Å². The van der Waals surface area contributed by atoms with Crippen molar-refractivity contribution in [2.24, 2.45) is 0 Å². The fourth-order valence-corrected chi connectivity index (χ4v) is 5.88. The lowest BCUT2D eigenvalue weighted by Crippen LogP contribution is -2.17. The molecule has 0 radical (unpaired) electrons. The lowest BCUT2D eigenvalue weighted by Gasteiger charge is -2.14. The van der Waals surface area contributed by atoms with Gasteiger partial charge in [-0.2, -0.15) is 0 Å². The van der Waals surface area contributed by atoms with Gasteiger partial charge in [0.25, 0.3) is 26.0 Å². The van der Waals surface area contributed by atoms with E-state index >= 15 is 0 Å². The molecule has 190 valence electrons. The average molecular weight is 536 g/mol. The van der Waals surface area contributed by atoms with Gasteiger partial charge in [-0.05, 0) is 79.6 Å². The molecular weight excluding hydrogens is 510 g/mol. The first-order valence-electron chi connectivity index (χ1n) is 11.2. The topological polar surface area (TPSA) is 121 Å². The molecule has 0 aliphatic rings. The molecule has 37 heavy (non-hydrogen) atoms. The van der Waals surface area contributed by atoms with E-state index in [0.717, 1.165) is 5.56 Å². The van der Waals surface area contributed by atoms with Crippen molar-refractivity contribution in [1.82, 2.24) is 0 Å².